The van der Waals surface area contributed by atoms with Gasteiger partial charge < -0.3 is 9.47 Å². The molecule has 0 radical (unpaired) electrons. The molecule has 0 aliphatic carbocycles. The minimum atomic E-state index is 0.632. The van der Waals surface area contributed by atoms with Crippen molar-refractivity contribution in [2.24, 2.45) is 0 Å². The van der Waals surface area contributed by atoms with Crippen molar-refractivity contribution in [3.05, 3.63) is 43.8 Å². The molecule has 2 aromatic rings. The maximum absolute atomic E-state index is 5.89. The highest BCUT2D eigenvalue weighted by Crippen LogP contribution is 2.35. The van der Waals surface area contributed by atoms with E-state index in [9.17, 15) is 0 Å². The van der Waals surface area contributed by atoms with Gasteiger partial charge in [-0.15, -0.1) is 22.7 Å². The Hall–Kier alpha value is -1.26. The molecule has 0 saturated carbocycles. The summed E-state index contributed by atoms with van der Waals surface area (Å²) in [5, 5.41) is 0. The molecule has 0 atom stereocenters. The van der Waals surface area contributed by atoms with Gasteiger partial charge in [0.15, 0.2) is 11.5 Å². The van der Waals surface area contributed by atoms with Crippen LogP contribution >= 0.6 is 22.7 Å². The lowest BCUT2D eigenvalue weighted by Gasteiger charge is -2.14. The Kier molecular flexibility index (Phi) is 5.26. The van der Waals surface area contributed by atoms with E-state index >= 15 is 0 Å². The summed E-state index contributed by atoms with van der Waals surface area (Å²) in [6.07, 6.45) is 0. The van der Waals surface area contributed by atoms with E-state index in [4.69, 9.17) is 9.47 Å². The summed E-state index contributed by atoms with van der Waals surface area (Å²) in [5.74, 6) is 1.71. The molecule has 0 spiro atoms. The van der Waals surface area contributed by atoms with Crippen molar-refractivity contribution in [2.75, 3.05) is 13.2 Å². The number of hydrogen-bond acceptors (Lipinski definition) is 4. The maximum atomic E-state index is 5.89. The van der Waals surface area contributed by atoms with Crippen molar-refractivity contribution in [2.45, 2.75) is 27.7 Å². The molecule has 108 valence electrons. The Bertz CT molecular complexity index is 541. The van der Waals surface area contributed by atoms with Crippen LogP contribution in [0.25, 0.3) is 11.5 Å². The molecular formula is C16H20O2S2. The van der Waals surface area contributed by atoms with Gasteiger partial charge in [0.2, 0.25) is 0 Å². The van der Waals surface area contributed by atoms with E-state index < -0.39 is 0 Å². The molecule has 0 aliphatic rings. The molecule has 0 bridgehead atoms. The van der Waals surface area contributed by atoms with Crippen LogP contribution in [0.5, 0.6) is 0 Å². The number of rotatable bonds is 6. The molecule has 0 N–H and O–H groups in total. The third kappa shape index (κ3) is 3.44. The van der Waals surface area contributed by atoms with Crippen LogP contribution in [-0.4, -0.2) is 13.2 Å². The van der Waals surface area contributed by atoms with Crippen LogP contribution in [0, 0.1) is 13.8 Å². The quantitative estimate of drug-likeness (QED) is 0.672. The summed E-state index contributed by atoms with van der Waals surface area (Å²) in [5.41, 5.74) is 0. The van der Waals surface area contributed by atoms with Crippen molar-refractivity contribution >= 4 is 34.2 Å². The van der Waals surface area contributed by atoms with Gasteiger partial charge in [0.05, 0.1) is 23.0 Å². The molecule has 2 heterocycles. The largest absolute Gasteiger partial charge is 0.488 e. The van der Waals surface area contributed by atoms with E-state index in [1.807, 2.05) is 13.8 Å². The Morgan fingerprint density at radius 3 is 1.45 bits per heavy atom. The van der Waals surface area contributed by atoms with E-state index in [2.05, 4.69) is 38.1 Å². The monoisotopic (exact) mass is 308 g/mol. The first-order valence-electron chi connectivity index (χ1n) is 6.79. The number of thiophene rings is 2. The minimum Gasteiger partial charge on any atom is -0.488 e. The number of aryl methyl sites for hydroxylation is 2. The standard InChI is InChI=1S/C16H20O2S2/c1-5-17-15(13-9-7-11(3)19-13)16(18-6-2)14-10-8-12(4)20-14/h7-10H,5-6H2,1-4H3/b16-15+. The third-order valence-electron chi connectivity index (χ3n) is 2.71. The van der Waals surface area contributed by atoms with Crippen molar-refractivity contribution < 1.29 is 9.47 Å². The minimum absolute atomic E-state index is 0.632. The van der Waals surface area contributed by atoms with Crippen molar-refractivity contribution in [1.29, 1.82) is 0 Å². The van der Waals surface area contributed by atoms with Gasteiger partial charge >= 0.3 is 0 Å². The average molecular weight is 308 g/mol. The Labute approximate surface area is 128 Å². The fourth-order valence-electron chi connectivity index (χ4n) is 1.90. The first kappa shape index (κ1) is 15.1. The third-order valence-corrected chi connectivity index (χ3v) is 4.71. The summed E-state index contributed by atoms with van der Waals surface area (Å²) < 4.78 is 11.8. The zero-order valence-electron chi connectivity index (χ0n) is 12.4. The lowest BCUT2D eigenvalue weighted by Crippen LogP contribution is -1.98. The molecule has 20 heavy (non-hydrogen) atoms. The molecule has 0 amide bonds. The SMILES string of the molecule is CCO/C(=C(/OCC)c1ccc(C)s1)c1ccc(C)s1. The van der Waals surface area contributed by atoms with Crippen LogP contribution in [0.2, 0.25) is 0 Å². The molecule has 0 unspecified atom stereocenters. The molecular weight excluding hydrogens is 288 g/mol. The van der Waals surface area contributed by atoms with E-state index in [1.165, 1.54) is 9.75 Å². The number of hydrogen-bond donors (Lipinski definition) is 0. The second-order valence-electron chi connectivity index (χ2n) is 4.34. The highest BCUT2D eigenvalue weighted by atomic mass is 32.1. The van der Waals surface area contributed by atoms with Gasteiger partial charge in [-0.3, -0.25) is 0 Å². The smallest absolute Gasteiger partial charge is 0.179 e. The van der Waals surface area contributed by atoms with Crippen LogP contribution in [-0.2, 0) is 9.47 Å². The first-order valence-corrected chi connectivity index (χ1v) is 8.42. The van der Waals surface area contributed by atoms with Gasteiger partial charge in [0, 0.05) is 9.75 Å². The zero-order valence-corrected chi connectivity index (χ0v) is 14.0. The normalized spacial score (nSPS) is 12.2. The van der Waals surface area contributed by atoms with E-state index in [-0.39, 0.29) is 0 Å². The molecule has 4 heteroatoms. The molecule has 2 nitrogen and oxygen atoms in total. The predicted octanol–water partition coefficient (Wildman–Crippen LogP) is 5.33. The van der Waals surface area contributed by atoms with Crippen molar-refractivity contribution in [3.63, 3.8) is 0 Å². The summed E-state index contributed by atoms with van der Waals surface area (Å²) >= 11 is 3.47. The van der Waals surface area contributed by atoms with E-state index in [0.717, 1.165) is 21.3 Å². The number of ether oxygens (including phenoxy) is 2. The van der Waals surface area contributed by atoms with Crippen LogP contribution in [0.4, 0.5) is 0 Å². The van der Waals surface area contributed by atoms with E-state index in [1.54, 1.807) is 22.7 Å². The Morgan fingerprint density at radius 1 is 0.800 bits per heavy atom. The summed E-state index contributed by atoms with van der Waals surface area (Å²) in [6, 6.07) is 8.43. The highest BCUT2D eigenvalue weighted by Gasteiger charge is 2.17. The maximum Gasteiger partial charge on any atom is 0.179 e. The Balaban J connectivity index is 2.52. The second-order valence-corrected chi connectivity index (χ2v) is 6.92. The van der Waals surface area contributed by atoms with Crippen molar-refractivity contribution in [3.8, 4) is 0 Å². The summed E-state index contributed by atoms with van der Waals surface area (Å²) in [7, 11) is 0. The van der Waals surface area contributed by atoms with Gasteiger partial charge in [0.25, 0.3) is 0 Å². The van der Waals surface area contributed by atoms with Gasteiger partial charge in [-0.05, 0) is 52.0 Å². The van der Waals surface area contributed by atoms with Crippen LogP contribution in [0.3, 0.4) is 0 Å². The fourth-order valence-corrected chi connectivity index (χ4v) is 3.63. The highest BCUT2D eigenvalue weighted by molar-refractivity contribution is 7.14. The van der Waals surface area contributed by atoms with E-state index in [0.29, 0.717) is 13.2 Å². The Morgan fingerprint density at radius 2 is 1.20 bits per heavy atom. The van der Waals surface area contributed by atoms with Crippen molar-refractivity contribution in [1.82, 2.24) is 0 Å². The lowest BCUT2D eigenvalue weighted by atomic mass is 10.3. The van der Waals surface area contributed by atoms with Crippen LogP contribution in [0.15, 0.2) is 24.3 Å². The average Bonchev–Trinajstić information content (AvgIpc) is 3.03. The molecule has 2 rings (SSSR count). The molecule has 0 aromatic carbocycles. The summed E-state index contributed by atoms with van der Waals surface area (Å²) in [4.78, 5) is 4.79. The fraction of sp³-hybridized carbons (Fsp3) is 0.375. The second kappa shape index (κ2) is 6.95. The van der Waals surface area contributed by atoms with Gasteiger partial charge in [0.1, 0.15) is 0 Å². The molecule has 2 aromatic heterocycles. The summed E-state index contributed by atoms with van der Waals surface area (Å²) in [6.45, 7) is 9.48. The van der Waals surface area contributed by atoms with Gasteiger partial charge in [-0.25, -0.2) is 0 Å². The van der Waals surface area contributed by atoms with Crippen LogP contribution < -0.4 is 0 Å². The first-order chi connectivity index (χ1) is 9.65. The topological polar surface area (TPSA) is 18.5 Å². The van der Waals surface area contributed by atoms with Gasteiger partial charge in [-0.2, -0.15) is 0 Å². The zero-order chi connectivity index (χ0) is 14.5. The van der Waals surface area contributed by atoms with Gasteiger partial charge in [-0.1, -0.05) is 0 Å². The molecule has 0 aliphatic heterocycles. The molecule has 0 fully saturated rings. The predicted molar refractivity (Wildman–Crippen MR) is 88.2 cm³/mol. The van der Waals surface area contributed by atoms with Crippen LogP contribution in [0.1, 0.15) is 33.4 Å². The lowest BCUT2D eigenvalue weighted by molar-refractivity contribution is 0.262. The molecule has 0 saturated heterocycles.